The lowest BCUT2D eigenvalue weighted by molar-refractivity contribution is 0.00550. The van der Waals surface area contributed by atoms with Crippen molar-refractivity contribution in [2.75, 3.05) is 6.61 Å². The van der Waals surface area contributed by atoms with Crippen LogP contribution < -0.4 is 0 Å². The molecule has 5 heteroatoms. The van der Waals surface area contributed by atoms with Crippen LogP contribution in [0.4, 0.5) is 0 Å². The highest BCUT2D eigenvalue weighted by Crippen LogP contribution is 2.34. The summed E-state index contributed by atoms with van der Waals surface area (Å²) in [5, 5.41) is 17.6. The molecule has 0 spiro atoms. The number of rotatable bonds is 4. The molecule has 0 aliphatic carbocycles. The van der Waals surface area contributed by atoms with Crippen LogP contribution in [0.2, 0.25) is 0 Å². The fourth-order valence-electron chi connectivity index (χ4n) is 2.36. The molecule has 1 N–H and O–H groups in total. The molecule has 0 radical (unpaired) electrons. The van der Waals surface area contributed by atoms with Crippen LogP contribution in [-0.4, -0.2) is 26.5 Å². The molecule has 0 aromatic carbocycles. The number of aliphatic hydroxyl groups is 1. The van der Waals surface area contributed by atoms with Gasteiger partial charge in [-0.15, -0.1) is 10.2 Å². The van der Waals surface area contributed by atoms with E-state index in [0.29, 0.717) is 11.7 Å². The molecule has 1 aliphatic rings. The topological polar surface area (TPSA) is 60.2 Å². The van der Waals surface area contributed by atoms with Crippen LogP contribution in [0.1, 0.15) is 45.3 Å². The van der Waals surface area contributed by atoms with Gasteiger partial charge in [-0.1, -0.05) is 13.8 Å². The van der Waals surface area contributed by atoms with Crippen molar-refractivity contribution in [3.63, 3.8) is 0 Å². The van der Waals surface area contributed by atoms with Crippen LogP contribution in [0.3, 0.4) is 0 Å². The van der Waals surface area contributed by atoms with Crippen molar-refractivity contribution < 1.29 is 9.84 Å². The van der Waals surface area contributed by atoms with Crippen molar-refractivity contribution in [3.8, 4) is 0 Å². The lowest BCUT2D eigenvalue weighted by atomic mass is 10.0. The van der Waals surface area contributed by atoms with Gasteiger partial charge in [0.15, 0.2) is 11.6 Å². The van der Waals surface area contributed by atoms with E-state index in [9.17, 15) is 5.11 Å². The Bertz CT molecular complexity index is 381. The molecule has 1 atom stereocenters. The van der Waals surface area contributed by atoms with Crippen LogP contribution in [0.5, 0.6) is 0 Å². The second-order valence-electron chi connectivity index (χ2n) is 5.29. The van der Waals surface area contributed by atoms with Crippen LogP contribution in [0.15, 0.2) is 0 Å². The molecule has 5 nitrogen and oxygen atoms in total. The molecular formula is C12H21N3O2. The Hall–Kier alpha value is -0.940. The van der Waals surface area contributed by atoms with E-state index in [1.54, 1.807) is 0 Å². The summed E-state index contributed by atoms with van der Waals surface area (Å²) in [6, 6.07) is 0. The third kappa shape index (κ3) is 2.35. The van der Waals surface area contributed by atoms with Crippen molar-refractivity contribution >= 4 is 0 Å². The van der Waals surface area contributed by atoms with Gasteiger partial charge in [-0.3, -0.25) is 0 Å². The molecule has 17 heavy (non-hydrogen) atoms. The Morgan fingerprint density at radius 2 is 2.24 bits per heavy atom. The summed E-state index contributed by atoms with van der Waals surface area (Å²) in [6.45, 7) is 7.86. The zero-order valence-electron chi connectivity index (χ0n) is 10.8. The third-order valence-corrected chi connectivity index (χ3v) is 3.21. The molecule has 0 bridgehead atoms. The molecule has 1 aliphatic heterocycles. The summed E-state index contributed by atoms with van der Waals surface area (Å²) in [4.78, 5) is 0. The average molecular weight is 239 g/mol. The van der Waals surface area contributed by atoms with Crippen LogP contribution in [-0.2, 0) is 23.5 Å². The first-order valence-electron chi connectivity index (χ1n) is 6.24. The Kier molecular flexibility index (Phi) is 3.49. The zero-order valence-corrected chi connectivity index (χ0v) is 10.8. The highest BCUT2D eigenvalue weighted by molar-refractivity contribution is 5.06. The molecule has 0 saturated carbocycles. The van der Waals surface area contributed by atoms with E-state index in [0.717, 1.165) is 31.8 Å². The first-order valence-corrected chi connectivity index (χ1v) is 6.24. The molecule has 1 saturated heterocycles. The van der Waals surface area contributed by atoms with Gasteiger partial charge in [0.25, 0.3) is 0 Å². The minimum atomic E-state index is -0.338. The number of aromatic nitrogens is 3. The number of nitrogens with zero attached hydrogens (tertiary/aromatic N) is 3. The average Bonchev–Trinajstić information content (AvgIpc) is 2.85. The maximum absolute atomic E-state index is 9.31. The van der Waals surface area contributed by atoms with E-state index in [1.165, 1.54) is 0 Å². The molecule has 0 amide bonds. The maximum Gasteiger partial charge on any atom is 0.165 e. The molecular weight excluding hydrogens is 218 g/mol. The van der Waals surface area contributed by atoms with Gasteiger partial charge in [-0.2, -0.15) is 0 Å². The largest absolute Gasteiger partial charge is 0.388 e. The lowest BCUT2D eigenvalue weighted by Gasteiger charge is -2.24. The van der Waals surface area contributed by atoms with Gasteiger partial charge in [-0.05, 0) is 25.7 Å². The molecule has 2 heterocycles. The van der Waals surface area contributed by atoms with Gasteiger partial charge in [0.1, 0.15) is 12.2 Å². The van der Waals surface area contributed by atoms with Crippen molar-refractivity contribution in [3.05, 3.63) is 11.6 Å². The van der Waals surface area contributed by atoms with Gasteiger partial charge in [0.05, 0.1) is 0 Å². The van der Waals surface area contributed by atoms with Crippen molar-refractivity contribution in [2.45, 2.75) is 52.4 Å². The second-order valence-corrected chi connectivity index (χ2v) is 5.29. The molecule has 1 aromatic rings. The van der Waals surface area contributed by atoms with Crippen LogP contribution >= 0.6 is 0 Å². The second kappa shape index (κ2) is 4.74. The van der Waals surface area contributed by atoms with Crippen molar-refractivity contribution in [1.82, 2.24) is 14.8 Å². The zero-order chi connectivity index (χ0) is 12.5. The van der Waals surface area contributed by atoms with Gasteiger partial charge >= 0.3 is 0 Å². The molecule has 1 aromatic heterocycles. The smallest absolute Gasteiger partial charge is 0.165 e. The molecule has 1 unspecified atom stereocenters. The predicted molar refractivity (Wildman–Crippen MR) is 63.3 cm³/mol. The maximum atomic E-state index is 9.31. The standard InChI is InChI=1S/C12H21N3O2/c1-9(2)7-15-10(8-16)13-14-11(15)12(3)5-4-6-17-12/h9,16H,4-8H2,1-3H3. The van der Waals surface area contributed by atoms with Crippen LogP contribution in [0.25, 0.3) is 0 Å². The number of aliphatic hydroxyl groups excluding tert-OH is 1. The Balaban J connectivity index is 2.36. The summed E-state index contributed by atoms with van der Waals surface area (Å²) in [7, 11) is 0. The monoisotopic (exact) mass is 239 g/mol. The lowest BCUT2D eigenvalue weighted by Crippen LogP contribution is -2.27. The first-order chi connectivity index (χ1) is 8.07. The van der Waals surface area contributed by atoms with Gasteiger partial charge in [0.2, 0.25) is 0 Å². The summed E-state index contributed by atoms with van der Waals surface area (Å²) in [5.74, 6) is 1.97. The molecule has 1 fully saturated rings. The minimum Gasteiger partial charge on any atom is -0.388 e. The Morgan fingerprint density at radius 1 is 1.47 bits per heavy atom. The fourth-order valence-corrected chi connectivity index (χ4v) is 2.36. The highest BCUT2D eigenvalue weighted by atomic mass is 16.5. The van der Waals surface area contributed by atoms with E-state index in [4.69, 9.17) is 4.74 Å². The predicted octanol–water partition coefficient (Wildman–Crippen LogP) is 1.45. The first kappa shape index (κ1) is 12.5. The summed E-state index contributed by atoms with van der Waals surface area (Å²) in [6.07, 6.45) is 2.02. The van der Waals surface area contributed by atoms with Gasteiger partial charge in [-0.25, -0.2) is 0 Å². The molecule has 96 valence electrons. The van der Waals surface area contributed by atoms with E-state index >= 15 is 0 Å². The van der Waals surface area contributed by atoms with E-state index in [-0.39, 0.29) is 12.2 Å². The van der Waals surface area contributed by atoms with E-state index < -0.39 is 0 Å². The highest BCUT2D eigenvalue weighted by Gasteiger charge is 2.37. The van der Waals surface area contributed by atoms with E-state index in [1.807, 2.05) is 4.57 Å². The number of hydrogen-bond acceptors (Lipinski definition) is 4. The van der Waals surface area contributed by atoms with Gasteiger partial charge in [0, 0.05) is 13.2 Å². The summed E-state index contributed by atoms with van der Waals surface area (Å²) < 4.78 is 7.81. The fraction of sp³-hybridized carbons (Fsp3) is 0.833. The van der Waals surface area contributed by atoms with Gasteiger partial charge < -0.3 is 14.4 Å². The summed E-state index contributed by atoms with van der Waals surface area (Å²) in [5.41, 5.74) is -0.338. The van der Waals surface area contributed by atoms with Crippen molar-refractivity contribution in [1.29, 1.82) is 0 Å². The minimum absolute atomic E-state index is 0.0736. The van der Waals surface area contributed by atoms with Crippen LogP contribution in [0, 0.1) is 5.92 Å². The van der Waals surface area contributed by atoms with Crippen molar-refractivity contribution in [2.24, 2.45) is 5.92 Å². The number of ether oxygens (including phenoxy) is 1. The quantitative estimate of drug-likeness (QED) is 0.864. The molecule has 2 rings (SSSR count). The Labute approximate surface area is 102 Å². The summed E-state index contributed by atoms with van der Waals surface area (Å²) >= 11 is 0. The van der Waals surface area contributed by atoms with E-state index in [2.05, 4.69) is 31.0 Å². The third-order valence-electron chi connectivity index (χ3n) is 3.21. The Morgan fingerprint density at radius 3 is 2.76 bits per heavy atom. The normalized spacial score (nSPS) is 24.8. The number of hydrogen-bond donors (Lipinski definition) is 1. The SMILES string of the molecule is CC(C)Cn1c(CO)nnc1C1(C)CCCO1.